The van der Waals surface area contributed by atoms with Crippen molar-refractivity contribution >= 4 is 5.69 Å². The minimum atomic E-state index is -0.452. The van der Waals surface area contributed by atoms with Crippen LogP contribution in [0.3, 0.4) is 0 Å². The molecule has 5 nitrogen and oxygen atoms in total. The maximum atomic E-state index is 10.9. The van der Waals surface area contributed by atoms with Gasteiger partial charge in [0.1, 0.15) is 5.75 Å². The van der Waals surface area contributed by atoms with Crippen LogP contribution in [-0.4, -0.2) is 12.0 Å². The van der Waals surface area contributed by atoms with Crippen LogP contribution in [0.4, 0.5) is 5.69 Å². The van der Waals surface area contributed by atoms with Crippen LogP contribution in [0, 0.1) is 10.1 Å². The summed E-state index contributed by atoms with van der Waals surface area (Å²) in [4.78, 5) is 10.5. The van der Waals surface area contributed by atoms with Gasteiger partial charge in [-0.15, -0.1) is 0 Å². The molecule has 0 saturated carbocycles. The zero-order valence-corrected chi connectivity index (χ0v) is 11.4. The third kappa shape index (κ3) is 3.13. The molecular weight excluding hydrogens is 256 g/mol. The molecule has 2 aromatic rings. The molecule has 0 aliphatic heterocycles. The second kappa shape index (κ2) is 6.16. The van der Waals surface area contributed by atoms with Crippen LogP contribution in [0.25, 0.3) is 0 Å². The number of rotatable bonds is 5. The van der Waals surface area contributed by atoms with E-state index in [0.717, 1.165) is 5.56 Å². The summed E-state index contributed by atoms with van der Waals surface area (Å²) < 4.78 is 5.58. The van der Waals surface area contributed by atoms with E-state index in [1.165, 1.54) is 6.07 Å². The number of nitro groups is 1. The minimum absolute atomic E-state index is 0.0415. The third-order valence-electron chi connectivity index (χ3n) is 3.10. The molecule has 0 aliphatic carbocycles. The maximum absolute atomic E-state index is 10.9. The van der Waals surface area contributed by atoms with E-state index in [1.54, 1.807) is 30.3 Å². The van der Waals surface area contributed by atoms with Crippen molar-refractivity contribution in [1.29, 1.82) is 0 Å². The Kier molecular flexibility index (Phi) is 4.32. The smallest absolute Gasteiger partial charge is 0.311 e. The van der Waals surface area contributed by atoms with Crippen molar-refractivity contribution in [2.24, 2.45) is 0 Å². The molecule has 0 fully saturated rings. The Labute approximate surface area is 117 Å². The van der Waals surface area contributed by atoms with Crippen molar-refractivity contribution in [1.82, 2.24) is 5.32 Å². The van der Waals surface area contributed by atoms with Gasteiger partial charge in [-0.2, -0.15) is 0 Å². The predicted molar refractivity (Wildman–Crippen MR) is 77.1 cm³/mol. The summed E-state index contributed by atoms with van der Waals surface area (Å²) in [5.74, 6) is 0.818. The van der Waals surface area contributed by atoms with Crippen LogP contribution in [-0.2, 0) is 0 Å². The largest absolute Gasteiger partial charge is 0.450 e. The molecule has 20 heavy (non-hydrogen) atoms. The highest BCUT2D eigenvalue weighted by molar-refractivity contribution is 5.48. The summed E-state index contributed by atoms with van der Waals surface area (Å²) in [5, 5.41) is 14.1. The SMILES string of the molecule is CNC(C)c1ccc(Oc2ccccc2[N+](=O)[O-])cc1. The number of hydrogen-bond acceptors (Lipinski definition) is 4. The number of nitrogens with one attached hydrogen (secondary N) is 1. The van der Waals surface area contributed by atoms with Crippen molar-refractivity contribution in [3.05, 3.63) is 64.2 Å². The van der Waals surface area contributed by atoms with Gasteiger partial charge in [0, 0.05) is 12.1 Å². The van der Waals surface area contributed by atoms with Crippen LogP contribution in [0.5, 0.6) is 11.5 Å². The summed E-state index contributed by atoms with van der Waals surface area (Å²) in [5.41, 5.74) is 1.09. The number of para-hydroxylation sites is 2. The van der Waals surface area contributed by atoms with Gasteiger partial charge in [0.15, 0.2) is 0 Å². The first-order chi connectivity index (χ1) is 9.61. The van der Waals surface area contributed by atoms with E-state index in [9.17, 15) is 10.1 Å². The average molecular weight is 272 g/mol. The first-order valence-electron chi connectivity index (χ1n) is 6.30. The highest BCUT2D eigenvalue weighted by atomic mass is 16.6. The topological polar surface area (TPSA) is 64.4 Å². The molecule has 2 rings (SSSR count). The van der Waals surface area contributed by atoms with Crippen LogP contribution < -0.4 is 10.1 Å². The molecule has 1 unspecified atom stereocenters. The quantitative estimate of drug-likeness (QED) is 0.666. The van der Waals surface area contributed by atoms with Gasteiger partial charge in [-0.25, -0.2) is 0 Å². The molecule has 0 radical (unpaired) electrons. The molecular formula is C15H16N2O3. The van der Waals surface area contributed by atoms with Gasteiger partial charge in [0.05, 0.1) is 4.92 Å². The lowest BCUT2D eigenvalue weighted by atomic mass is 10.1. The second-order valence-electron chi connectivity index (χ2n) is 4.41. The molecule has 104 valence electrons. The molecule has 5 heteroatoms. The van der Waals surface area contributed by atoms with E-state index in [1.807, 2.05) is 19.2 Å². The Morgan fingerprint density at radius 1 is 1.15 bits per heavy atom. The number of nitro benzene ring substituents is 1. The molecule has 1 N–H and O–H groups in total. The van der Waals surface area contributed by atoms with Crippen LogP contribution in [0.2, 0.25) is 0 Å². The van der Waals surface area contributed by atoms with Gasteiger partial charge in [-0.05, 0) is 37.7 Å². The Bertz CT molecular complexity index is 596. The zero-order valence-electron chi connectivity index (χ0n) is 11.4. The van der Waals surface area contributed by atoms with Gasteiger partial charge in [0.2, 0.25) is 5.75 Å². The average Bonchev–Trinajstić information content (AvgIpc) is 2.47. The second-order valence-corrected chi connectivity index (χ2v) is 4.41. The van der Waals surface area contributed by atoms with Crippen molar-refractivity contribution in [2.45, 2.75) is 13.0 Å². The number of ether oxygens (including phenoxy) is 1. The van der Waals surface area contributed by atoms with Crippen molar-refractivity contribution in [3.63, 3.8) is 0 Å². The van der Waals surface area contributed by atoms with Crippen LogP contribution in [0.15, 0.2) is 48.5 Å². The highest BCUT2D eigenvalue weighted by Gasteiger charge is 2.14. The van der Waals surface area contributed by atoms with Gasteiger partial charge in [-0.1, -0.05) is 24.3 Å². The zero-order chi connectivity index (χ0) is 14.5. The summed E-state index contributed by atoms with van der Waals surface area (Å²) in [6.45, 7) is 2.05. The molecule has 0 aromatic heterocycles. The molecule has 0 spiro atoms. The monoisotopic (exact) mass is 272 g/mol. The first kappa shape index (κ1) is 14.0. The van der Waals surface area contributed by atoms with Gasteiger partial charge in [0.25, 0.3) is 0 Å². The number of nitrogens with zero attached hydrogens (tertiary/aromatic N) is 1. The predicted octanol–water partition coefficient (Wildman–Crippen LogP) is 3.67. The van der Waals surface area contributed by atoms with Gasteiger partial charge >= 0.3 is 5.69 Å². The minimum Gasteiger partial charge on any atom is -0.450 e. The summed E-state index contributed by atoms with van der Waals surface area (Å²) in [6, 6.07) is 14.1. The van der Waals surface area contributed by atoms with E-state index in [4.69, 9.17) is 4.74 Å². The van der Waals surface area contributed by atoms with Crippen LogP contribution >= 0.6 is 0 Å². The Balaban J connectivity index is 2.20. The number of benzene rings is 2. The van der Waals surface area contributed by atoms with E-state index in [-0.39, 0.29) is 17.5 Å². The van der Waals surface area contributed by atoms with E-state index in [2.05, 4.69) is 12.2 Å². The van der Waals surface area contributed by atoms with E-state index < -0.39 is 4.92 Å². The van der Waals surface area contributed by atoms with Gasteiger partial charge < -0.3 is 10.1 Å². The van der Waals surface area contributed by atoms with Crippen molar-refractivity contribution < 1.29 is 9.66 Å². The summed E-state index contributed by atoms with van der Waals surface area (Å²) in [6.07, 6.45) is 0. The summed E-state index contributed by atoms with van der Waals surface area (Å²) >= 11 is 0. The summed E-state index contributed by atoms with van der Waals surface area (Å²) in [7, 11) is 1.89. The van der Waals surface area contributed by atoms with Gasteiger partial charge in [-0.3, -0.25) is 10.1 Å². The van der Waals surface area contributed by atoms with E-state index in [0.29, 0.717) is 5.75 Å². The fourth-order valence-electron chi connectivity index (χ4n) is 1.81. The van der Waals surface area contributed by atoms with Crippen molar-refractivity contribution in [2.75, 3.05) is 7.05 Å². The lowest BCUT2D eigenvalue weighted by Crippen LogP contribution is -2.11. The molecule has 0 saturated heterocycles. The molecule has 1 atom stereocenters. The molecule has 0 aliphatic rings. The molecule has 0 bridgehead atoms. The first-order valence-corrected chi connectivity index (χ1v) is 6.30. The Hall–Kier alpha value is -2.40. The fraction of sp³-hybridized carbons (Fsp3) is 0.200. The Morgan fingerprint density at radius 2 is 1.80 bits per heavy atom. The fourth-order valence-corrected chi connectivity index (χ4v) is 1.81. The van der Waals surface area contributed by atoms with E-state index >= 15 is 0 Å². The molecule has 0 amide bonds. The molecule has 0 heterocycles. The number of hydrogen-bond donors (Lipinski definition) is 1. The molecule has 2 aromatic carbocycles. The maximum Gasteiger partial charge on any atom is 0.311 e. The normalized spacial score (nSPS) is 11.9. The van der Waals surface area contributed by atoms with Crippen LogP contribution in [0.1, 0.15) is 18.5 Å². The lowest BCUT2D eigenvalue weighted by Gasteiger charge is -2.11. The third-order valence-corrected chi connectivity index (χ3v) is 3.10. The van der Waals surface area contributed by atoms with Crippen molar-refractivity contribution in [3.8, 4) is 11.5 Å². The standard InChI is InChI=1S/C15H16N2O3/c1-11(16-2)12-7-9-13(10-8-12)20-15-6-4-3-5-14(15)17(18)19/h3-11,16H,1-2H3. The Morgan fingerprint density at radius 3 is 2.40 bits per heavy atom. The highest BCUT2D eigenvalue weighted by Crippen LogP contribution is 2.31. The lowest BCUT2D eigenvalue weighted by molar-refractivity contribution is -0.385.